The van der Waals surface area contributed by atoms with Crippen molar-refractivity contribution in [2.75, 3.05) is 0 Å². The number of aromatic nitrogens is 2. The van der Waals surface area contributed by atoms with Gasteiger partial charge in [0.15, 0.2) is 0 Å². The molecule has 25 heavy (non-hydrogen) atoms. The molecule has 0 unspecified atom stereocenters. The fourth-order valence-corrected chi connectivity index (χ4v) is 3.21. The number of aryl methyl sites for hydroxylation is 2. The molecule has 0 saturated carbocycles. The highest BCUT2D eigenvalue weighted by Crippen LogP contribution is 2.28. The Bertz CT molecular complexity index is 1070. The number of nitrogens with zero attached hydrogens (tertiary/aromatic N) is 2. The monoisotopic (exact) mass is 392 g/mol. The Balaban J connectivity index is 1.73. The average Bonchev–Trinajstić information content (AvgIpc) is 2.98. The molecule has 0 aliphatic carbocycles. The van der Waals surface area contributed by atoms with Crippen LogP contribution < -0.4 is 4.74 Å². The van der Waals surface area contributed by atoms with Gasteiger partial charge in [-0.25, -0.2) is 4.98 Å². The lowest BCUT2D eigenvalue weighted by molar-refractivity contribution is 0.482. The summed E-state index contributed by atoms with van der Waals surface area (Å²) in [6, 6.07) is 20.2. The molecule has 0 atom stereocenters. The van der Waals surface area contributed by atoms with Gasteiger partial charge in [0.25, 0.3) is 0 Å². The maximum absolute atomic E-state index is 5.99. The summed E-state index contributed by atoms with van der Waals surface area (Å²) in [4.78, 5) is 4.54. The first kappa shape index (κ1) is 15.9. The molecule has 4 heteroatoms. The summed E-state index contributed by atoms with van der Waals surface area (Å²) < 4.78 is 9.08. The number of hydrogen-bond acceptors (Lipinski definition) is 2. The molecule has 0 aliphatic heterocycles. The minimum absolute atomic E-state index is 0.793. The number of rotatable bonds is 3. The van der Waals surface area contributed by atoms with Gasteiger partial charge >= 0.3 is 0 Å². The van der Waals surface area contributed by atoms with E-state index in [1.807, 2.05) is 48.8 Å². The van der Waals surface area contributed by atoms with Gasteiger partial charge in [-0.2, -0.15) is 0 Å². The molecule has 1 aromatic heterocycles. The zero-order valence-electron chi connectivity index (χ0n) is 14.0. The third-order valence-corrected chi connectivity index (χ3v) is 4.78. The minimum Gasteiger partial charge on any atom is -0.457 e. The predicted octanol–water partition coefficient (Wildman–Crippen LogP) is 6.20. The number of halogens is 1. The van der Waals surface area contributed by atoms with Gasteiger partial charge in [0.05, 0.1) is 16.7 Å². The first-order valence-corrected chi connectivity index (χ1v) is 8.87. The predicted molar refractivity (Wildman–Crippen MR) is 105 cm³/mol. The summed E-state index contributed by atoms with van der Waals surface area (Å²) in [6.45, 7) is 4.24. The third kappa shape index (κ3) is 3.17. The molecule has 3 aromatic carbocycles. The maximum atomic E-state index is 5.99. The zero-order valence-corrected chi connectivity index (χ0v) is 15.6. The number of imidazole rings is 1. The van der Waals surface area contributed by atoms with E-state index in [1.165, 1.54) is 11.1 Å². The summed E-state index contributed by atoms with van der Waals surface area (Å²) in [5, 5.41) is 0. The molecule has 0 spiro atoms. The topological polar surface area (TPSA) is 27.1 Å². The Morgan fingerprint density at radius 2 is 1.60 bits per heavy atom. The van der Waals surface area contributed by atoms with Crippen molar-refractivity contribution in [2.45, 2.75) is 13.8 Å². The lowest BCUT2D eigenvalue weighted by atomic mass is 10.1. The molecule has 0 bridgehead atoms. The molecular formula is C21H17BrN2O. The van der Waals surface area contributed by atoms with Crippen LogP contribution in [0.5, 0.6) is 11.5 Å². The highest BCUT2D eigenvalue weighted by atomic mass is 79.9. The zero-order chi connectivity index (χ0) is 17.4. The van der Waals surface area contributed by atoms with Crippen LogP contribution in [0.15, 0.2) is 71.5 Å². The van der Waals surface area contributed by atoms with E-state index in [9.17, 15) is 0 Å². The van der Waals surface area contributed by atoms with Crippen LogP contribution in [0.4, 0.5) is 0 Å². The fraction of sp³-hybridized carbons (Fsp3) is 0.0952. The van der Waals surface area contributed by atoms with Crippen LogP contribution in [0.25, 0.3) is 16.7 Å². The summed E-state index contributed by atoms with van der Waals surface area (Å²) in [7, 11) is 0. The Morgan fingerprint density at radius 3 is 2.40 bits per heavy atom. The van der Waals surface area contributed by atoms with E-state index in [2.05, 4.69) is 57.5 Å². The molecule has 3 nitrogen and oxygen atoms in total. The first-order valence-electron chi connectivity index (χ1n) is 8.08. The standard InChI is InChI=1S/C21H17BrN2O/c1-14-9-20-21(10-15(14)2)24(13-23-20)17-6-4-8-19(12-17)25-18-7-3-5-16(22)11-18/h3-13H,1-2H3. The van der Waals surface area contributed by atoms with Crippen molar-refractivity contribution >= 4 is 27.0 Å². The maximum Gasteiger partial charge on any atom is 0.129 e. The largest absolute Gasteiger partial charge is 0.457 e. The van der Waals surface area contributed by atoms with Gasteiger partial charge in [-0.3, -0.25) is 4.57 Å². The average molecular weight is 393 g/mol. The lowest BCUT2D eigenvalue weighted by Crippen LogP contribution is -1.94. The molecule has 1 heterocycles. The second-order valence-electron chi connectivity index (χ2n) is 6.10. The molecule has 124 valence electrons. The van der Waals surface area contributed by atoms with Gasteiger partial charge in [0, 0.05) is 10.5 Å². The number of ether oxygens (including phenoxy) is 1. The molecule has 0 aliphatic rings. The van der Waals surface area contributed by atoms with Crippen LogP contribution in [-0.4, -0.2) is 9.55 Å². The molecule has 0 N–H and O–H groups in total. The van der Waals surface area contributed by atoms with E-state index in [4.69, 9.17) is 4.74 Å². The van der Waals surface area contributed by atoms with Crippen LogP contribution >= 0.6 is 15.9 Å². The fourth-order valence-electron chi connectivity index (χ4n) is 2.83. The Hall–Kier alpha value is -2.59. The smallest absolute Gasteiger partial charge is 0.129 e. The van der Waals surface area contributed by atoms with Crippen molar-refractivity contribution < 1.29 is 4.74 Å². The van der Waals surface area contributed by atoms with Gasteiger partial charge in [-0.05, 0) is 67.4 Å². The van der Waals surface area contributed by atoms with Gasteiger partial charge < -0.3 is 4.74 Å². The molecule has 4 rings (SSSR count). The van der Waals surface area contributed by atoms with Crippen molar-refractivity contribution in [1.29, 1.82) is 0 Å². The van der Waals surface area contributed by atoms with E-state index in [0.717, 1.165) is 32.7 Å². The van der Waals surface area contributed by atoms with Crippen LogP contribution in [-0.2, 0) is 0 Å². The third-order valence-electron chi connectivity index (χ3n) is 4.29. The van der Waals surface area contributed by atoms with E-state index in [0.29, 0.717) is 0 Å². The van der Waals surface area contributed by atoms with Crippen LogP contribution in [0.1, 0.15) is 11.1 Å². The Labute approximate surface area is 155 Å². The molecule has 0 saturated heterocycles. The number of fused-ring (bicyclic) bond motifs is 1. The first-order chi connectivity index (χ1) is 12.1. The van der Waals surface area contributed by atoms with Crippen molar-refractivity contribution in [1.82, 2.24) is 9.55 Å². The van der Waals surface area contributed by atoms with Gasteiger partial charge in [0.2, 0.25) is 0 Å². The number of benzene rings is 3. The second-order valence-corrected chi connectivity index (χ2v) is 7.01. The van der Waals surface area contributed by atoms with Crippen LogP contribution in [0.2, 0.25) is 0 Å². The van der Waals surface area contributed by atoms with Crippen LogP contribution in [0, 0.1) is 13.8 Å². The lowest BCUT2D eigenvalue weighted by Gasteiger charge is -2.10. The molecular weight excluding hydrogens is 376 g/mol. The SMILES string of the molecule is Cc1cc2ncn(-c3cccc(Oc4cccc(Br)c4)c3)c2cc1C. The summed E-state index contributed by atoms with van der Waals surface area (Å²) in [6.07, 6.45) is 1.86. The molecule has 4 aromatic rings. The van der Waals surface area contributed by atoms with Crippen molar-refractivity contribution in [3.63, 3.8) is 0 Å². The quantitative estimate of drug-likeness (QED) is 0.415. The van der Waals surface area contributed by atoms with Crippen LogP contribution in [0.3, 0.4) is 0 Å². The van der Waals surface area contributed by atoms with Crippen molar-refractivity contribution in [3.8, 4) is 17.2 Å². The van der Waals surface area contributed by atoms with E-state index < -0.39 is 0 Å². The highest BCUT2D eigenvalue weighted by molar-refractivity contribution is 9.10. The van der Waals surface area contributed by atoms with E-state index in [-0.39, 0.29) is 0 Å². The van der Waals surface area contributed by atoms with Gasteiger partial charge in [-0.1, -0.05) is 28.1 Å². The summed E-state index contributed by atoms with van der Waals surface area (Å²) in [5.74, 6) is 1.59. The van der Waals surface area contributed by atoms with Gasteiger partial charge in [-0.15, -0.1) is 0 Å². The molecule has 0 fully saturated rings. The summed E-state index contributed by atoms with van der Waals surface area (Å²) in [5.41, 5.74) is 5.64. The minimum atomic E-state index is 0.793. The Kier molecular flexibility index (Phi) is 4.06. The highest BCUT2D eigenvalue weighted by Gasteiger charge is 2.08. The van der Waals surface area contributed by atoms with E-state index in [1.54, 1.807) is 0 Å². The normalized spacial score (nSPS) is 11.0. The van der Waals surface area contributed by atoms with Crippen molar-refractivity contribution in [2.24, 2.45) is 0 Å². The summed E-state index contributed by atoms with van der Waals surface area (Å²) >= 11 is 3.47. The number of hydrogen-bond donors (Lipinski definition) is 0. The second kappa shape index (κ2) is 6.37. The Morgan fingerprint density at radius 1 is 0.880 bits per heavy atom. The molecule has 0 amide bonds. The van der Waals surface area contributed by atoms with Gasteiger partial charge in [0.1, 0.15) is 17.8 Å². The van der Waals surface area contributed by atoms with Crippen molar-refractivity contribution in [3.05, 3.63) is 82.6 Å². The molecule has 0 radical (unpaired) electrons. The van der Waals surface area contributed by atoms with E-state index >= 15 is 0 Å².